The Morgan fingerprint density at radius 2 is 2.00 bits per heavy atom. The molecule has 0 aliphatic heterocycles. The van der Waals surface area contributed by atoms with Crippen LogP contribution in [0.5, 0.6) is 5.75 Å². The lowest BCUT2D eigenvalue weighted by molar-refractivity contribution is -0.274. The van der Waals surface area contributed by atoms with Gasteiger partial charge in [-0.15, -0.1) is 13.2 Å². The van der Waals surface area contributed by atoms with E-state index in [1.165, 1.54) is 12.1 Å². The largest absolute Gasteiger partial charge is 0.573 e. The molecule has 0 aliphatic rings. The molecule has 0 amide bonds. The summed E-state index contributed by atoms with van der Waals surface area (Å²) in [5.74, 6) is -0.165. The third kappa shape index (κ3) is 5.12. The lowest BCUT2D eigenvalue weighted by atomic mass is 10.2. The average Bonchev–Trinajstić information content (AvgIpc) is 2.26. The van der Waals surface area contributed by atoms with Crippen molar-refractivity contribution < 1.29 is 17.9 Å². The van der Waals surface area contributed by atoms with Crippen molar-refractivity contribution >= 4 is 0 Å². The highest BCUT2D eigenvalue weighted by Gasteiger charge is 2.31. The molecular formula is C13H16F3NO. The minimum atomic E-state index is -4.66. The molecule has 0 fully saturated rings. The van der Waals surface area contributed by atoms with Gasteiger partial charge in [0.2, 0.25) is 0 Å². The van der Waals surface area contributed by atoms with Crippen LogP contribution < -0.4 is 10.1 Å². The molecule has 0 saturated heterocycles. The van der Waals surface area contributed by atoms with Gasteiger partial charge < -0.3 is 10.1 Å². The molecule has 1 aromatic rings. The lowest BCUT2D eigenvalue weighted by Gasteiger charge is -2.14. The molecule has 0 saturated carbocycles. The van der Waals surface area contributed by atoms with Crippen LogP contribution in [-0.4, -0.2) is 6.36 Å². The summed E-state index contributed by atoms with van der Waals surface area (Å²) in [4.78, 5) is 0. The number of hydrogen-bond acceptors (Lipinski definition) is 2. The van der Waals surface area contributed by atoms with Crippen molar-refractivity contribution in [3.05, 3.63) is 41.6 Å². The van der Waals surface area contributed by atoms with E-state index in [2.05, 4.69) is 10.1 Å². The van der Waals surface area contributed by atoms with Crippen molar-refractivity contribution in [3.8, 4) is 5.75 Å². The fraction of sp³-hybridized carbons (Fsp3) is 0.385. The highest BCUT2D eigenvalue weighted by atomic mass is 19.4. The molecule has 0 spiro atoms. The molecule has 1 N–H and O–H groups in total. The van der Waals surface area contributed by atoms with Crippen molar-refractivity contribution in [2.45, 2.75) is 33.2 Å². The molecule has 100 valence electrons. The summed E-state index contributed by atoms with van der Waals surface area (Å²) >= 11 is 0. The Morgan fingerprint density at radius 3 is 2.61 bits per heavy atom. The smallest absolute Gasteiger partial charge is 0.405 e. The van der Waals surface area contributed by atoms with Gasteiger partial charge in [-0.05, 0) is 19.4 Å². The minimum absolute atomic E-state index is 0.165. The predicted molar refractivity (Wildman–Crippen MR) is 64.0 cm³/mol. The Balaban J connectivity index is 2.73. The quantitative estimate of drug-likeness (QED) is 0.863. The number of hydrogen-bond donors (Lipinski definition) is 1. The molecule has 0 aromatic heterocycles. The van der Waals surface area contributed by atoms with Crippen LogP contribution in [0.1, 0.15) is 25.8 Å². The van der Waals surface area contributed by atoms with Crippen molar-refractivity contribution in [3.63, 3.8) is 0 Å². The molecule has 2 nitrogen and oxygen atoms in total. The normalized spacial score (nSPS) is 12.4. The van der Waals surface area contributed by atoms with Crippen LogP contribution in [0.3, 0.4) is 0 Å². The molecule has 0 radical (unpaired) electrons. The summed E-state index contributed by atoms with van der Waals surface area (Å²) < 4.78 is 40.5. The first-order valence-corrected chi connectivity index (χ1v) is 5.66. The van der Waals surface area contributed by atoms with Crippen molar-refractivity contribution in [1.82, 2.24) is 5.32 Å². The summed E-state index contributed by atoms with van der Waals surface area (Å²) in [7, 11) is 0. The molecule has 0 unspecified atom stereocenters. The summed E-state index contributed by atoms with van der Waals surface area (Å²) in [5, 5.41) is 3.04. The van der Waals surface area contributed by atoms with Crippen LogP contribution in [0.25, 0.3) is 0 Å². The van der Waals surface area contributed by atoms with Gasteiger partial charge in [0.05, 0.1) is 0 Å². The van der Waals surface area contributed by atoms with E-state index in [-0.39, 0.29) is 5.75 Å². The molecule has 0 atom stereocenters. The lowest BCUT2D eigenvalue weighted by Crippen LogP contribution is -2.19. The Labute approximate surface area is 104 Å². The maximum atomic E-state index is 12.2. The van der Waals surface area contributed by atoms with Crippen molar-refractivity contribution in [2.75, 3.05) is 0 Å². The van der Waals surface area contributed by atoms with E-state index in [0.29, 0.717) is 12.1 Å². The summed E-state index contributed by atoms with van der Waals surface area (Å²) in [6, 6.07) is 6.11. The number of halogens is 3. The zero-order valence-corrected chi connectivity index (χ0v) is 10.3. The average molecular weight is 259 g/mol. The van der Waals surface area contributed by atoms with Crippen LogP contribution in [0.15, 0.2) is 36.0 Å². The Kier molecular flexibility index (Phi) is 5.07. The number of allylic oxidation sites excluding steroid dienone is 2. The number of rotatable bonds is 5. The van der Waals surface area contributed by atoms with Gasteiger partial charge in [-0.2, -0.15) is 0 Å². The molecule has 1 rings (SSSR count). The standard InChI is InChI=1S/C13H16F3NO/c1-3-6-10(2)17-9-11-7-4-5-8-12(11)18-13(14,15)16/h4-8,17H,3,9H2,1-2H3/b10-6-. The zero-order valence-electron chi connectivity index (χ0n) is 10.3. The monoisotopic (exact) mass is 259 g/mol. The van der Waals surface area contributed by atoms with Gasteiger partial charge in [-0.3, -0.25) is 0 Å². The van der Waals surface area contributed by atoms with Gasteiger partial charge in [-0.25, -0.2) is 0 Å². The Hall–Kier alpha value is -1.65. The van der Waals surface area contributed by atoms with Crippen LogP contribution in [0.4, 0.5) is 13.2 Å². The van der Waals surface area contributed by atoms with Crippen LogP contribution in [0.2, 0.25) is 0 Å². The van der Waals surface area contributed by atoms with Crippen molar-refractivity contribution in [1.29, 1.82) is 0 Å². The second-order valence-corrected chi connectivity index (χ2v) is 3.80. The fourth-order valence-electron chi connectivity index (χ4n) is 1.49. The minimum Gasteiger partial charge on any atom is -0.405 e. The van der Waals surface area contributed by atoms with Crippen LogP contribution in [-0.2, 0) is 6.54 Å². The van der Waals surface area contributed by atoms with E-state index in [0.717, 1.165) is 12.1 Å². The molecule has 0 aliphatic carbocycles. The van der Waals surface area contributed by atoms with Gasteiger partial charge >= 0.3 is 6.36 Å². The predicted octanol–water partition coefficient (Wildman–Crippen LogP) is 3.99. The Bertz CT molecular complexity index is 413. The highest BCUT2D eigenvalue weighted by molar-refractivity contribution is 5.33. The maximum Gasteiger partial charge on any atom is 0.573 e. The number of ether oxygens (including phenoxy) is 1. The van der Waals surface area contributed by atoms with E-state index in [1.54, 1.807) is 12.1 Å². The second-order valence-electron chi connectivity index (χ2n) is 3.80. The van der Waals surface area contributed by atoms with Gasteiger partial charge in [0.25, 0.3) is 0 Å². The van der Waals surface area contributed by atoms with Gasteiger partial charge in [-0.1, -0.05) is 31.2 Å². The molecule has 5 heteroatoms. The number of nitrogens with one attached hydrogen (secondary N) is 1. The topological polar surface area (TPSA) is 21.3 Å². The van der Waals surface area contributed by atoms with Gasteiger partial charge in [0.15, 0.2) is 0 Å². The third-order valence-electron chi connectivity index (χ3n) is 2.27. The summed E-state index contributed by atoms with van der Waals surface area (Å²) in [5.41, 5.74) is 1.40. The third-order valence-corrected chi connectivity index (χ3v) is 2.27. The van der Waals surface area contributed by atoms with E-state index in [1.807, 2.05) is 19.9 Å². The maximum absolute atomic E-state index is 12.2. The molecule has 0 heterocycles. The molecule has 1 aromatic carbocycles. The Morgan fingerprint density at radius 1 is 1.33 bits per heavy atom. The zero-order chi connectivity index (χ0) is 13.6. The van der Waals surface area contributed by atoms with Gasteiger partial charge in [0.1, 0.15) is 5.75 Å². The van der Waals surface area contributed by atoms with Crippen LogP contribution in [0, 0.1) is 0 Å². The second kappa shape index (κ2) is 6.33. The van der Waals surface area contributed by atoms with Crippen LogP contribution >= 0.6 is 0 Å². The first-order valence-electron chi connectivity index (χ1n) is 5.66. The number of alkyl halides is 3. The van der Waals surface area contributed by atoms with E-state index >= 15 is 0 Å². The van der Waals surface area contributed by atoms with E-state index in [4.69, 9.17) is 0 Å². The van der Waals surface area contributed by atoms with Crippen molar-refractivity contribution in [2.24, 2.45) is 0 Å². The SMILES string of the molecule is CC/C=C(/C)NCc1ccccc1OC(F)(F)F. The first-order chi connectivity index (χ1) is 8.42. The fourth-order valence-corrected chi connectivity index (χ4v) is 1.49. The molecule has 0 bridgehead atoms. The number of benzene rings is 1. The molecule has 18 heavy (non-hydrogen) atoms. The van der Waals surface area contributed by atoms with E-state index < -0.39 is 6.36 Å². The molecular weight excluding hydrogens is 243 g/mol. The van der Waals surface area contributed by atoms with E-state index in [9.17, 15) is 13.2 Å². The first kappa shape index (κ1) is 14.4. The highest BCUT2D eigenvalue weighted by Crippen LogP contribution is 2.26. The van der Waals surface area contributed by atoms with Gasteiger partial charge in [0, 0.05) is 17.8 Å². The number of para-hydroxylation sites is 1. The summed E-state index contributed by atoms with van der Waals surface area (Å²) in [6.45, 7) is 4.16. The summed E-state index contributed by atoms with van der Waals surface area (Å²) in [6.07, 6.45) is -1.82.